The molecule has 0 aliphatic carbocycles. The molecule has 56 heavy (non-hydrogen) atoms. The van der Waals surface area contributed by atoms with Gasteiger partial charge in [0.2, 0.25) is 11.8 Å². The van der Waals surface area contributed by atoms with Gasteiger partial charge in [0, 0.05) is 36.0 Å². The summed E-state index contributed by atoms with van der Waals surface area (Å²) in [7, 11) is 2.56. The Bertz CT molecular complexity index is 2170. The van der Waals surface area contributed by atoms with Crippen LogP contribution in [0.15, 0.2) is 42.6 Å². The molecule has 0 radical (unpaired) electrons. The summed E-state index contributed by atoms with van der Waals surface area (Å²) in [6.07, 6.45) is 3.62. The van der Waals surface area contributed by atoms with Gasteiger partial charge in [0.05, 0.1) is 47.6 Å². The van der Waals surface area contributed by atoms with E-state index in [1.807, 2.05) is 71.1 Å². The van der Waals surface area contributed by atoms with Crippen molar-refractivity contribution in [3.05, 3.63) is 70.4 Å². The van der Waals surface area contributed by atoms with Crippen molar-refractivity contribution in [2.45, 2.75) is 84.0 Å². The number of halogens is 1. The van der Waals surface area contributed by atoms with Gasteiger partial charge in [0.1, 0.15) is 23.7 Å². The molecule has 0 spiro atoms. The molecule has 6 rings (SSSR count). The van der Waals surface area contributed by atoms with E-state index in [9.17, 15) is 19.2 Å². The molecule has 4 amide bonds. The van der Waals surface area contributed by atoms with Gasteiger partial charge in [0.25, 0.3) is 0 Å². The van der Waals surface area contributed by atoms with Gasteiger partial charge >= 0.3 is 12.2 Å². The average molecular weight is 785 g/mol. The van der Waals surface area contributed by atoms with Gasteiger partial charge in [-0.2, -0.15) is 0 Å². The second kappa shape index (κ2) is 16.7. The molecule has 4 N–H and O–H groups in total. The molecule has 1 unspecified atom stereocenters. The molecule has 14 nitrogen and oxygen atoms in total. The van der Waals surface area contributed by atoms with Crippen molar-refractivity contribution in [1.29, 1.82) is 0 Å². The summed E-state index contributed by atoms with van der Waals surface area (Å²) < 4.78 is 9.52. The van der Waals surface area contributed by atoms with E-state index in [1.165, 1.54) is 14.2 Å². The number of carbonyl (C=O) groups excluding carboxylic acids is 4. The predicted octanol–water partition coefficient (Wildman–Crippen LogP) is 6.27. The zero-order valence-corrected chi connectivity index (χ0v) is 33.5. The number of methoxy groups -OCH3 is 2. The molecule has 2 aromatic carbocycles. The number of carbonyl (C=O) groups is 4. The van der Waals surface area contributed by atoms with Crippen LogP contribution in [0.2, 0.25) is 5.02 Å². The first kappa shape index (κ1) is 40.1. The number of likely N-dealkylation sites (tertiary alicyclic amines) is 2. The summed E-state index contributed by atoms with van der Waals surface area (Å²) in [5, 5.41) is 5.84. The number of aromatic nitrogens is 4. The first-order valence-electron chi connectivity index (χ1n) is 18.9. The first-order valence-corrected chi connectivity index (χ1v) is 19.3. The molecule has 2 fully saturated rings. The van der Waals surface area contributed by atoms with Gasteiger partial charge in [-0.25, -0.2) is 19.6 Å². The Morgan fingerprint density at radius 1 is 0.911 bits per heavy atom. The molecule has 4 atom stereocenters. The molecule has 2 saturated heterocycles. The van der Waals surface area contributed by atoms with Crippen LogP contribution in [0.3, 0.4) is 0 Å². The highest BCUT2D eigenvalue weighted by Crippen LogP contribution is 2.39. The van der Waals surface area contributed by atoms with Gasteiger partial charge in [-0.15, -0.1) is 0 Å². The van der Waals surface area contributed by atoms with E-state index < -0.39 is 29.8 Å². The Hall–Kier alpha value is -5.55. The maximum atomic E-state index is 13.8. The number of H-pyrrole nitrogens is 2. The van der Waals surface area contributed by atoms with E-state index in [0.717, 1.165) is 41.6 Å². The molecule has 0 bridgehead atoms. The lowest BCUT2D eigenvalue weighted by Crippen LogP contribution is -2.55. The standard InChI is InChI=1S/C41H49ClN8O6/c1-23(2)33(47-39(53)55-6)36(51)49-18-8-10-32(49)35-43-22-31(44-35)26-14-11-25(12-15-26)13-16-27-20-29-30(21-28(27)42)46-38(45-29)41(5)17-9-19-50(41)37(52)34(24(3)4)48-40(54)56-7/h11-12,14-15,20-24,32-34H,8-10,17-19H2,1-7H3,(H,43,44)(H,45,46)(H,47,53)(H,48,54)/t32-,33-,34-,41?/m0/s1. The van der Waals surface area contributed by atoms with Crippen LogP contribution >= 0.6 is 11.6 Å². The van der Waals surface area contributed by atoms with Crippen molar-refractivity contribution in [3.63, 3.8) is 0 Å². The van der Waals surface area contributed by atoms with E-state index in [4.69, 9.17) is 31.0 Å². The molecule has 4 aromatic rings. The summed E-state index contributed by atoms with van der Waals surface area (Å²) in [5.74, 6) is 7.11. The van der Waals surface area contributed by atoms with E-state index in [-0.39, 0.29) is 29.7 Å². The SMILES string of the molecule is COC(=O)N[C@H](C(=O)N1CCC[C@H]1c1nc(-c2ccc(C#Cc3cc4nc(C5(C)CCCN5C(=O)[C@@H](NC(=O)OC)C(C)C)[nH]c4cc3Cl)cc2)c[nH]1)C(C)C. The number of alkyl carbamates (subject to hydrolysis) is 2. The van der Waals surface area contributed by atoms with Gasteiger partial charge < -0.3 is 39.9 Å². The highest BCUT2D eigenvalue weighted by molar-refractivity contribution is 6.32. The molecule has 2 aliphatic rings. The monoisotopic (exact) mass is 784 g/mol. The zero-order valence-electron chi connectivity index (χ0n) is 32.8. The third-order valence-electron chi connectivity index (χ3n) is 10.7. The summed E-state index contributed by atoms with van der Waals surface area (Å²) in [4.78, 5) is 71.3. The lowest BCUT2D eigenvalue weighted by Gasteiger charge is -2.37. The van der Waals surface area contributed by atoms with Crippen molar-refractivity contribution >= 4 is 46.6 Å². The van der Waals surface area contributed by atoms with Crippen molar-refractivity contribution in [2.75, 3.05) is 27.3 Å². The number of nitrogens with zero attached hydrogens (tertiary/aromatic N) is 4. The van der Waals surface area contributed by atoms with Crippen LogP contribution in [0.25, 0.3) is 22.3 Å². The van der Waals surface area contributed by atoms with Gasteiger partial charge in [-0.3, -0.25) is 9.59 Å². The summed E-state index contributed by atoms with van der Waals surface area (Å²) in [6, 6.07) is 9.69. The van der Waals surface area contributed by atoms with Crippen LogP contribution in [0.1, 0.15) is 89.1 Å². The molecule has 0 saturated carbocycles. The van der Waals surface area contributed by atoms with Crippen molar-refractivity contribution < 1.29 is 28.7 Å². The van der Waals surface area contributed by atoms with Crippen LogP contribution in [0.4, 0.5) is 9.59 Å². The maximum absolute atomic E-state index is 13.8. The van der Waals surface area contributed by atoms with Gasteiger partial charge in [0.15, 0.2) is 0 Å². The molecule has 15 heteroatoms. The largest absolute Gasteiger partial charge is 0.453 e. The van der Waals surface area contributed by atoms with Crippen molar-refractivity contribution in [1.82, 2.24) is 40.4 Å². The first-order chi connectivity index (χ1) is 26.7. The van der Waals surface area contributed by atoms with Crippen LogP contribution in [0, 0.1) is 23.7 Å². The number of imidazole rings is 2. The fraction of sp³-hybridized carbons (Fsp3) is 0.463. The average Bonchev–Trinajstić information content (AvgIpc) is 4.01. The second-order valence-corrected chi connectivity index (χ2v) is 15.6. The number of aromatic amines is 2. The molecule has 2 aliphatic heterocycles. The normalized spacial score (nSPS) is 19.1. The van der Waals surface area contributed by atoms with Crippen LogP contribution in [0.5, 0.6) is 0 Å². The number of hydrogen-bond donors (Lipinski definition) is 4. The van der Waals surface area contributed by atoms with Crippen LogP contribution in [-0.4, -0.2) is 93.1 Å². The molecular weight excluding hydrogens is 736 g/mol. The minimum atomic E-state index is -0.742. The number of benzene rings is 2. The zero-order chi connectivity index (χ0) is 40.3. The topological polar surface area (TPSA) is 175 Å². The highest BCUT2D eigenvalue weighted by atomic mass is 35.5. The van der Waals surface area contributed by atoms with E-state index in [1.54, 1.807) is 15.9 Å². The Balaban J connectivity index is 1.16. The van der Waals surface area contributed by atoms with E-state index in [2.05, 4.69) is 32.4 Å². The number of amides is 4. The fourth-order valence-corrected chi connectivity index (χ4v) is 7.73. The third-order valence-corrected chi connectivity index (χ3v) is 11.1. The molecular formula is C41H49ClN8O6. The molecule has 4 heterocycles. The fourth-order valence-electron chi connectivity index (χ4n) is 7.52. The quantitative estimate of drug-likeness (QED) is 0.144. The number of nitrogens with one attached hydrogen (secondary N) is 4. The smallest absolute Gasteiger partial charge is 0.407 e. The van der Waals surface area contributed by atoms with Gasteiger partial charge in [-0.05, 0) is 68.7 Å². The van der Waals surface area contributed by atoms with Gasteiger partial charge in [-0.1, -0.05) is 63.3 Å². The summed E-state index contributed by atoms with van der Waals surface area (Å²) >= 11 is 6.72. The molecule has 296 valence electrons. The Kier molecular flexibility index (Phi) is 11.9. The Morgan fingerprint density at radius 3 is 2.21 bits per heavy atom. The van der Waals surface area contributed by atoms with Crippen molar-refractivity contribution in [2.24, 2.45) is 11.8 Å². The number of ether oxygens (including phenoxy) is 2. The third kappa shape index (κ3) is 8.18. The number of fused-ring (bicyclic) bond motifs is 1. The number of rotatable bonds is 9. The highest BCUT2D eigenvalue weighted by Gasteiger charge is 2.46. The number of hydrogen-bond acceptors (Lipinski definition) is 8. The minimum Gasteiger partial charge on any atom is -0.453 e. The second-order valence-electron chi connectivity index (χ2n) is 15.2. The summed E-state index contributed by atoms with van der Waals surface area (Å²) in [6.45, 7) is 10.6. The maximum Gasteiger partial charge on any atom is 0.407 e. The lowest BCUT2D eigenvalue weighted by molar-refractivity contribution is -0.138. The van der Waals surface area contributed by atoms with E-state index >= 15 is 0 Å². The Morgan fingerprint density at radius 2 is 1.57 bits per heavy atom. The van der Waals surface area contributed by atoms with Crippen LogP contribution in [-0.2, 0) is 24.6 Å². The summed E-state index contributed by atoms with van der Waals surface area (Å²) in [5.41, 5.74) is 3.71. The Labute approximate surface area is 331 Å². The lowest BCUT2D eigenvalue weighted by atomic mass is 9.95. The molecule has 2 aromatic heterocycles. The van der Waals surface area contributed by atoms with E-state index in [0.29, 0.717) is 47.3 Å². The predicted molar refractivity (Wildman–Crippen MR) is 211 cm³/mol. The van der Waals surface area contributed by atoms with Crippen molar-refractivity contribution in [3.8, 4) is 23.1 Å². The minimum absolute atomic E-state index is 0.119. The van der Waals surface area contributed by atoms with Crippen LogP contribution < -0.4 is 10.6 Å².